The molecule has 0 bridgehead atoms. The molecule has 0 saturated carbocycles. The summed E-state index contributed by atoms with van der Waals surface area (Å²) >= 11 is 1.70. The largest absolute Gasteiger partial charge is 0.356 e. The second-order valence-corrected chi connectivity index (χ2v) is 5.06. The number of hydrogen-bond acceptors (Lipinski definition) is 4. The molecule has 0 saturated heterocycles. The molecule has 2 aromatic heterocycles. The maximum Gasteiger partial charge on any atom is 0.203 e. The van der Waals surface area contributed by atoms with E-state index in [-0.39, 0.29) is 0 Å². The summed E-state index contributed by atoms with van der Waals surface area (Å²) in [5, 5.41) is 3.35. The van der Waals surface area contributed by atoms with Crippen LogP contribution in [-0.4, -0.2) is 21.1 Å². The van der Waals surface area contributed by atoms with Crippen LogP contribution in [0.3, 0.4) is 0 Å². The average Bonchev–Trinajstić information content (AvgIpc) is 2.84. The van der Waals surface area contributed by atoms with Crippen molar-refractivity contribution in [2.75, 3.05) is 11.9 Å². The van der Waals surface area contributed by atoms with Crippen LogP contribution in [0.5, 0.6) is 0 Å². The molecular weight excluding hydrogens is 232 g/mol. The number of imidazole rings is 1. The molecule has 2 heterocycles. The van der Waals surface area contributed by atoms with E-state index in [2.05, 4.69) is 39.9 Å². The van der Waals surface area contributed by atoms with Crippen LogP contribution in [-0.2, 0) is 6.54 Å². The highest BCUT2D eigenvalue weighted by molar-refractivity contribution is 7.09. The Hall–Kier alpha value is -1.36. The number of aryl methyl sites for hydroxylation is 2. The fourth-order valence-corrected chi connectivity index (χ4v) is 2.45. The Bertz CT molecular complexity index is 486. The molecule has 17 heavy (non-hydrogen) atoms. The summed E-state index contributed by atoms with van der Waals surface area (Å²) in [5.74, 6) is 0.956. The molecule has 0 aliphatic heterocycles. The van der Waals surface area contributed by atoms with Crippen LogP contribution >= 0.6 is 11.3 Å². The zero-order valence-corrected chi connectivity index (χ0v) is 11.3. The van der Waals surface area contributed by atoms with Crippen LogP contribution < -0.4 is 5.32 Å². The van der Waals surface area contributed by atoms with Crippen LogP contribution in [0.4, 0.5) is 5.95 Å². The lowest BCUT2D eigenvalue weighted by Crippen LogP contribution is -2.08. The lowest BCUT2D eigenvalue weighted by molar-refractivity contribution is 0.797. The Morgan fingerprint density at radius 1 is 1.41 bits per heavy atom. The molecule has 0 amide bonds. The lowest BCUT2D eigenvalue weighted by Gasteiger charge is -2.08. The van der Waals surface area contributed by atoms with Crippen molar-refractivity contribution < 1.29 is 0 Å². The molecule has 0 radical (unpaired) electrons. The van der Waals surface area contributed by atoms with Crippen LogP contribution in [0, 0.1) is 13.8 Å². The molecule has 0 aliphatic rings. The van der Waals surface area contributed by atoms with Crippen molar-refractivity contribution in [3.8, 4) is 0 Å². The quantitative estimate of drug-likeness (QED) is 0.887. The van der Waals surface area contributed by atoms with Gasteiger partial charge in [-0.2, -0.15) is 0 Å². The minimum absolute atomic E-state index is 0.851. The summed E-state index contributed by atoms with van der Waals surface area (Å²) in [6.45, 7) is 8.03. The number of thiazole rings is 1. The molecule has 0 aliphatic carbocycles. The second-order valence-electron chi connectivity index (χ2n) is 4.12. The van der Waals surface area contributed by atoms with Gasteiger partial charge in [-0.15, -0.1) is 11.3 Å². The van der Waals surface area contributed by atoms with Gasteiger partial charge >= 0.3 is 0 Å². The number of hydrogen-bond donors (Lipinski definition) is 1. The number of nitrogens with one attached hydrogen (secondary N) is 1. The van der Waals surface area contributed by atoms with Gasteiger partial charge in [0.1, 0.15) is 0 Å². The molecule has 5 heteroatoms. The molecule has 0 fully saturated rings. The van der Waals surface area contributed by atoms with Crippen molar-refractivity contribution in [1.82, 2.24) is 14.5 Å². The normalized spacial score (nSPS) is 10.8. The Balaban J connectivity index is 2.17. The Morgan fingerprint density at radius 3 is 2.88 bits per heavy atom. The predicted octanol–water partition coefficient (Wildman–Crippen LogP) is 2.83. The summed E-state index contributed by atoms with van der Waals surface area (Å²) in [4.78, 5) is 10.1. The SMILES string of the molecule is CCCNc1nc(C)cn1Cc1scnc1C. The van der Waals surface area contributed by atoms with E-state index in [1.54, 1.807) is 11.3 Å². The molecule has 4 nitrogen and oxygen atoms in total. The third-order valence-corrected chi connectivity index (χ3v) is 3.51. The van der Waals surface area contributed by atoms with Crippen LogP contribution in [0.15, 0.2) is 11.7 Å². The number of aromatic nitrogens is 3. The highest BCUT2D eigenvalue weighted by atomic mass is 32.1. The monoisotopic (exact) mass is 250 g/mol. The molecule has 0 spiro atoms. The van der Waals surface area contributed by atoms with Crippen LogP contribution in [0.25, 0.3) is 0 Å². The van der Waals surface area contributed by atoms with E-state index in [4.69, 9.17) is 0 Å². The summed E-state index contributed by atoms with van der Waals surface area (Å²) < 4.78 is 2.16. The first-order valence-corrected chi connectivity index (χ1v) is 6.75. The first kappa shape index (κ1) is 12.1. The lowest BCUT2D eigenvalue weighted by atomic mass is 10.4. The zero-order valence-electron chi connectivity index (χ0n) is 10.5. The molecule has 1 N–H and O–H groups in total. The summed E-state index contributed by atoms with van der Waals surface area (Å²) in [5.41, 5.74) is 4.06. The third kappa shape index (κ3) is 2.85. The van der Waals surface area contributed by atoms with E-state index in [0.29, 0.717) is 0 Å². The van der Waals surface area contributed by atoms with Crippen molar-refractivity contribution in [2.45, 2.75) is 33.7 Å². The number of rotatable bonds is 5. The number of nitrogens with zero attached hydrogens (tertiary/aromatic N) is 3. The maximum absolute atomic E-state index is 4.49. The van der Waals surface area contributed by atoms with Gasteiger partial charge < -0.3 is 9.88 Å². The van der Waals surface area contributed by atoms with Crippen molar-refractivity contribution in [2.24, 2.45) is 0 Å². The summed E-state index contributed by atoms with van der Waals surface area (Å²) in [6.07, 6.45) is 3.18. The fraction of sp³-hybridized carbons (Fsp3) is 0.500. The van der Waals surface area contributed by atoms with Gasteiger partial charge in [0.25, 0.3) is 0 Å². The Morgan fingerprint density at radius 2 is 2.24 bits per heavy atom. The van der Waals surface area contributed by atoms with E-state index >= 15 is 0 Å². The molecule has 2 rings (SSSR count). The van der Waals surface area contributed by atoms with E-state index in [9.17, 15) is 0 Å². The van der Waals surface area contributed by atoms with Gasteiger partial charge in [-0.05, 0) is 20.3 Å². The van der Waals surface area contributed by atoms with Crippen LogP contribution in [0.2, 0.25) is 0 Å². The number of anilines is 1. The first-order chi connectivity index (χ1) is 8.20. The molecule has 0 aromatic carbocycles. The zero-order chi connectivity index (χ0) is 12.3. The van der Waals surface area contributed by atoms with Gasteiger partial charge in [-0.25, -0.2) is 9.97 Å². The summed E-state index contributed by atoms with van der Waals surface area (Å²) in [7, 11) is 0. The van der Waals surface area contributed by atoms with Gasteiger partial charge in [0.15, 0.2) is 0 Å². The second kappa shape index (κ2) is 5.31. The van der Waals surface area contributed by atoms with E-state index < -0.39 is 0 Å². The van der Waals surface area contributed by atoms with Crippen LogP contribution in [0.1, 0.15) is 29.6 Å². The molecular formula is C12H18N4S. The smallest absolute Gasteiger partial charge is 0.203 e. The van der Waals surface area contributed by atoms with Gasteiger partial charge in [-0.1, -0.05) is 6.92 Å². The molecule has 2 aromatic rings. The maximum atomic E-state index is 4.49. The Labute approximate surface area is 106 Å². The summed E-state index contributed by atoms with van der Waals surface area (Å²) in [6, 6.07) is 0. The highest BCUT2D eigenvalue weighted by Gasteiger charge is 2.08. The minimum Gasteiger partial charge on any atom is -0.356 e. The van der Waals surface area contributed by atoms with Gasteiger partial charge in [0.2, 0.25) is 5.95 Å². The van der Waals surface area contributed by atoms with E-state index in [0.717, 1.165) is 36.8 Å². The van der Waals surface area contributed by atoms with Gasteiger partial charge in [-0.3, -0.25) is 0 Å². The molecule has 92 valence electrons. The minimum atomic E-state index is 0.851. The standard InChI is InChI=1S/C12H18N4S/c1-4-5-13-12-15-9(2)6-16(12)7-11-10(3)14-8-17-11/h6,8H,4-5,7H2,1-3H3,(H,13,15). The highest BCUT2D eigenvalue weighted by Crippen LogP contribution is 2.17. The van der Waals surface area contributed by atoms with E-state index in [1.165, 1.54) is 4.88 Å². The van der Waals surface area contributed by atoms with Gasteiger partial charge in [0.05, 0.1) is 23.4 Å². The van der Waals surface area contributed by atoms with Crippen molar-refractivity contribution in [3.63, 3.8) is 0 Å². The predicted molar refractivity (Wildman–Crippen MR) is 71.7 cm³/mol. The van der Waals surface area contributed by atoms with Gasteiger partial charge in [0, 0.05) is 17.6 Å². The van der Waals surface area contributed by atoms with E-state index in [1.807, 2.05) is 12.4 Å². The third-order valence-electron chi connectivity index (χ3n) is 2.59. The fourth-order valence-electron chi connectivity index (χ4n) is 1.68. The van der Waals surface area contributed by atoms with Crippen molar-refractivity contribution in [3.05, 3.63) is 28.0 Å². The average molecular weight is 250 g/mol. The molecule has 0 unspecified atom stereocenters. The Kier molecular flexibility index (Phi) is 3.78. The topological polar surface area (TPSA) is 42.7 Å². The van der Waals surface area contributed by atoms with Crippen molar-refractivity contribution >= 4 is 17.3 Å². The first-order valence-electron chi connectivity index (χ1n) is 5.87. The van der Waals surface area contributed by atoms with Crippen molar-refractivity contribution in [1.29, 1.82) is 0 Å². The molecule has 0 atom stereocenters.